The Bertz CT molecular complexity index is 931. The SMILES string of the molecule is CC1(C)SCCN(S(=O)(=O)c2ccc(Oc3ccccc3)cc2)C1C(=O)NO. The number of hydrogen-bond acceptors (Lipinski definition) is 6. The van der Waals surface area contributed by atoms with E-state index in [0.717, 1.165) is 4.31 Å². The second kappa shape index (κ2) is 8.12. The van der Waals surface area contributed by atoms with Crippen molar-refractivity contribution in [2.75, 3.05) is 12.3 Å². The maximum Gasteiger partial charge on any atom is 0.263 e. The molecule has 1 amide bonds. The van der Waals surface area contributed by atoms with Gasteiger partial charge in [0.15, 0.2) is 0 Å². The minimum atomic E-state index is -3.93. The van der Waals surface area contributed by atoms with Gasteiger partial charge in [0.25, 0.3) is 5.91 Å². The number of nitrogens with zero attached hydrogens (tertiary/aromatic N) is 1. The van der Waals surface area contributed by atoms with Crippen LogP contribution >= 0.6 is 11.8 Å². The standard InChI is InChI=1S/C19H22N2O5S2/c1-19(2)17(18(22)20-23)21(12-13-27-19)28(24,25)16-10-8-15(9-11-16)26-14-6-4-3-5-7-14/h3-11,17,23H,12-13H2,1-2H3,(H,20,22). The van der Waals surface area contributed by atoms with Crippen LogP contribution in [0.25, 0.3) is 0 Å². The van der Waals surface area contributed by atoms with Crippen LogP contribution < -0.4 is 10.2 Å². The molecule has 2 aromatic rings. The van der Waals surface area contributed by atoms with Gasteiger partial charge in [-0.1, -0.05) is 18.2 Å². The summed E-state index contributed by atoms with van der Waals surface area (Å²) in [6.45, 7) is 3.75. The van der Waals surface area contributed by atoms with Crippen molar-refractivity contribution >= 4 is 27.7 Å². The topological polar surface area (TPSA) is 95.9 Å². The molecule has 0 saturated carbocycles. The smallest absolute Gasteiger partial charge is 0.263 e. The third kappa shape index (κ3) is 4.17. The number of amides is 1. The highest BCUT2D eigenvalue weighted by atomic mass is 32.2. The predicted molar refractivity (Wildman–Crippen MR) is 107 cm³/mol. The zero-order chi connectivity index (χ0) is 20.4. The molecule has 2 aromatic carbocycles. The van der Waals surface area contributed by atoms with Crippen LogP contribution in [0.15, 0.2) is 59.5 Å². The highest BCUT2D eigenvalue weighted by molar-refractivity contribution is 8.00. The molecule has 1 heterocycles. The van der Waals surface area contributed by atoms with Crippen molar-refractivity contribution in [2.45, 2.75) is 29.5 Å². The predicted octanol–water partition coefficient (Wildman–Crippen LogP) is 2.87. The number of rotatable bonds is 5. The molecule has 0 spiro atoms. The number of ether oxygens (including phenoxy) is 1. The van der Waals surface area contributed by atoms with Gasteiger partial charge in [-0.05, 0) is 50.2 Å². The van der Waals surface area contributed by atoms with Crippen molar-refractivity contribution in [1.29, 1.82) is 0 Å². The Morgan fingerprint density at radius 2 is 1.75 bits per heavy atom. The number of hydroxylamine groups is 1. The van der Waals surface area contributed by atoms with Crippen molar-refractivity contribution in [3.8, 4) is 11.5 Å². The van der Waals surface area contributed by atoms with E-state index in [1.54, 1.807) is 43.6 Å². The Morgan fingerprint density at radius 3 is 2.36 bits per heavy atom. The maximum absolute atomic E-state index is 13.2. The van der Waals surface area contributed by atoms with Crippen molar-refractivity contribution < 1.29 is 23.2 Å². The number of carbonyl (C=O) groups is 1. The van der Waals surface area contributed by atoms with Crippen LogP contribution in [0.2, 0.25) is 0 Å². The third-order valence-corrected chi connectivity index (χ3v) is 7.73. The van der Waals surface area contributed by atoms with E-state index in [9.17, 15) is 13.2 Å². The van der Waals surface area contributed by atoms with Crippen molar-refractivity contribution in [1.82, 2.24) is 9.79 Å². The summed E-state index contributed by atoms with van der Waals surface area (Å²) in [5, 5.41) is 9.10. The highest BCUT2D eigenvalue weighted by Crippen LogP contribution is 2.38. The van der Waals surface area contributed by atoms with E-state index in [1.165, 1.54) is 23.9 Å². The number of benzene rings is 2. The molecule has 1 unspecified atom stereocenters. The maximum atomic E-state index is 13.2. The normalized spacial score (nSPS) is 19.8. The molecule has 1 aliphatic rings. The molecule has 0 bridgehead atoms. The van der Waals surface area contributed by atoms with Crippen LogP contribution in [0.5, 0.6) is 11.5 Å². The van der Waals surface area contributed by atoms with Gasteiger partial charge in [-0.15, -0.1) is 0 Å². The molecule has 0 aliphatic carbocycles. The quantitative estimate of drug-likeness (QED) is 0.568. The molecule has 28 heavy (non-hydrogen) atoms. The molecule has 2 N–H and O–H groups in total. The van der Waals surface area contributed by atoms with Crippen molar-refractivity contribution in [2.24, 2.45) is 0 Å². The van der Waals surface area contributed by atoms with E-state index in [1.807, 2.05) is 18.2 Å². The van der Waals surface area contributed by atoms with Crippen LogP contribution in [0.4, 0.5) is 0 Å². The number of hydrogen-bond donors (Lipinski definition) is 2. The third-order valence-electron chi connectivity index (χ3n) is 4.50. The van der Waals surface area contributed by atoms with Crippen molar-refractivity contribution in [3.05, 3.63) is 54.6 Å². The van der Waals surface area contributed by atoms with E-state index in [0.29, 0.717) is 17.3 Å². The molecule has 0 aromatic heterocycles. The highest BCUT2D eigenvalue weighted by Gasteiger charge is 2.48. The van der Waals surface area contributed by atoms with Gasteiger partial charge in [0.05, 0.1) is 4.90 Å². The molecule has 1 atom stereocenters. The van der Waals surface area contributed by atoms with E-state index in [4.69, 9.17) is 9.94 Å². The molecule has 1 saturated heterocycles. The summed E-state index contributed by atoms with van der Waals surface area (Å²) in [7, 11) is -3.93. The summed E-state index contributed by atoms with van der Waals surface area (Å²) in [6.07, 6.45) is 0. The van der Waals surface area contributed by atoms with Gasteiger partial charge < -0.3 is 4.74 Å². The lowest BCUT2D eigenvalue weighted by Crippen LogP contribution is -2.61. The van der Waals surface area contributed by atoms with Crippen LogP contribution in [0.1, 0.15) is 13.8 Å². The van der Waals surface area contributed by atoms with Gasteiger partial charge in [0.2, 0.25) is 10.0 Å². The Balaban J connectivity index is 1.87. The first kappa shape index (κ1) is 20.7. The molecular formula is C19H22N2O5S2. The first-order chi connectivity index (χ1) is 13.3. The average Bonchev–Trinajstić information content (AvgIpc) is 2.68. The Labute approximate surface area is 168 Å². The summed E-state index contributed by atoms with van der Waals surface area (Å²) < 4.78 is 32.5. The summed E-state index contributed by atoms with van der Waals surface area (Å²) in [5.41, 5.74) is 1.60. The molecule has 9 heteroatoms. The summed E-state index contributed by atoms with van der Waals surface area (Å²) in [4.78, 5) is 12.3. The Morgan fingerprint density at radius 1 is 1.14 bits per heavy atom. The first-order valence-corrected chi connectivity index (χ1v) is 11.1. The zero-order valence-electron chi connectivity index (χ0n) is 15.5. The van der Waals surface area contributed by atoms with E-state index >= 15 is 0 Å². The summed E-state index contributed by atoms with van der Waals surface area (Å²) in [5.74, 6) is 0.957. The number of carbonyl (C=O) groups excluding carboxylic acids is 1. The van der Waals surface area contributed by atoms with Crippen LogP contribution in [-0.2, 0) is 14.8 Å². The monoisotopic (exact) mass is 422 g/mol. The second-order valence-corrected chi connectivity index (χ2v) is 10.5. The largest absolute Gasteiger partial charge is 0.457 e. The minimum Gasteiger partial charge on any atom is -0.457 e. The number of thioether (sulfide) groups is 1. The van der Waals surface area contributed by atoms with Gasteiger partial charge in [0, 0.05) is 17.0 Å². The van der Waals surface area contributed by atoms with Gasteiger partial charge in [0.1, 0.15) is 17.5 Å². The molecule has 1 fully saturated rings. The fourth-order valence-electron chi connectivity index (χ4n) is 3.16. The van der Waals surface area contributed by atoms with Crippen molar-refractivity contribution in [3.63, 3.8) is 0 Å². The number of nitrogens with one attached hydrogen (secondary N) is 1. The van der Waals surface area contributed by atoms with Crippen LogP contribution in [0, 0.1) is 0 Å². The fraction of sp³-hybridized carbons (Fsp3) is 0.316. The minimum absolute atomic E-state index is 0.0614. The molecule has 0 radical (unpaired) electrons. The van der Waals surface area contributed by atoms with Gasteiger partial charge in [-0.2, -0.15) is 16.1 Å². The first-order valence-electron chi connectivity index (χ1n) is 8.68. The van der Waals surface area contributed by atoms with Crippen LogP contribution in [-0.4, -0.2) is 46.9 Å². The van der Waals surface area contributed by atoms with Gasteiger partial charge in [-0.25, -0.2) is 13.9 Å². The lowest BCUT2D eigenvalue weighted by Gasteiger charge is -2.43. The lowest BCUT2D eigenvalue weighted by molar-refractivity contribution is -0.134. The fourth-order valence-corrected chi connectivity index (χ4v) is 6.27. The Hall–Kier alpha value is -2.07. The van der Waals surface area contributed by atoms with E-state index in [-0.39, 0.29) is 11.4 Å². The lowest BCUT2D eigenvalue weighted by atomic mass is 10.0. The molecule has 1 aliphatic heterocycles. The Kier molecular flexibility index (Phi) is 5.99. The van der Waals surface area contributed by atoms with Crippen LogP contribution in [0.3, 0.4) is 0 Å². The summed E-state index contributed by atoms with van der Waals surface area (Å²) >= 11 is 1.49. The molecule has 150 valence electrons. The van der Waals surface area contributed by atoms with Gasteiger partial charge >= 0.3 is 0 Å². The molecule has 7 nitrogen and oxygen atoms in total. The number of sulfonamides is 1. The summed E-state index contributed by atoms with van der Waals surface area (Å²) in [6, 6.07) is 14.2. The molecule has 3 rings (SSSR count). The zero-order valence-corrected chi connectivity index (χ0v) is 17.2. The van der Waals surface area contributed by atoms with E-state index in [2.05, 4.69) is 0 Å². The second-order valence-electron chi connectivity index (χ2n) is 6.83. The van der Waals surface area contributed by atoms with Gasteiger partial charge in [-0.3, -0.25) is 10.0 Å². The molecular weight excluding hydrogens is 400 g/mol. The number of para-hydroxylation sites is 1. The van der Waals surface area contributed by atoms with E-state index < -0.39 is 26.7 Å². The average molecular weight is 423 g/mol.